The molecule has 1 aromatic heterocycles. The fourth-order valence-electron chi connectivity index (χ4n) is 2.59. The third-order valence-corrected chi connectivity index (χ3v) is 5.22. The molecule has 160 valence electrons. The van der Waals surface area contributed by atoms with Gasteiger partial charge in [0, 0.05) is 33.6 Å². The third-order valence-electron chi connectivity index (χ3n) is 4.04. The number of hydrogen-bond donors (Lipinski definition) is 1. The molecule has 0 saturated heterocycles. The Balaban J connectivity index is 1.74. The number of nitrogens with one attached hydrogen (secondary N) is 1. The van der Waals surface area contributed by atoms with E-state index in [1.54, 1.807) is 42.7 Å². The molecule has 0 fully saturated rings. The van der Waals surface area contributed by atoms with E-state index in [9.17, 15) is 4.79 Å². The lowest BCUT2D eigenvalue weighted by molar-refractivity contribution is 0.0955. The molecule has 1 N–H and O–H groups in total. The molecular formula is C22H18BrCl2N3O3. The fraction of sp³-hybridized carbons (Fsp3) is 0.136. The molecule has 0 atom stereocenters. The number of ether oxygens (including phenoxy) is 2. The summed E-state index contributed by atoms with van der Waals surface area (Å²) in [6.45, 7) is 2.57. The van der Waals surface area contributed by atoms with Crippen molar-refractivity contribution in [3.8, 4) is 11.5 Å². The van der Waals surface area contributed by atoms with Gasteiger partial charge in [0.1, 0.15) is 6.61 Å². The SMILES string of the molecule is CCOc1cc(/C=N\NC(=O)c2ccncc2)cc(Br)c1OCc1ccc(Cl)cc1Cl. The summed E-state index contributed by atoms with van der Waals surface area (Å²) in [7, 11) is 0. The molecule has 31 heavy (non-hydrogen) atoms. The molecule has 0 aliphatic rings. The standard InChI is InChI=1S/C22H18BrCl2N3O3/c1-2-30-20-10-14(12-27-28-22(29)15-5-7-26-8-6-15)9-18(23)21(20)31-13-16-3-4-17(24)11-19(16)25/h3-12H,2,13H2,1H3,(H,28,29)/b27-12-. The van der Waals surface area contributed by atoms with Crippen LogP contribution in [0.3, 0.4) is 0 Å². The van der Waals surface area contributed by atoms with E-state index in [0.29, 0.717) is 43.8 Å². The average Bonchev–Trinajstić information content (AvgIpc) is 2.75. The molecular weight excluding hydrogens is 505 g/mol. The van der Waals surface area contributed by atoms with Gasteiger partial charge in [-0.3, -0.25) is 9.78 Å². The van der Waals surface area contributed by atoms with Gasteiger partial charge in [-0.25, -0.2) is 5.43 Å². The van der Waals surface area contributed by atoms with E-state index >= 15 is 0 Å². The molecule has 0 saturated carbocycles. The minimum Gasteiger partial charge on any atom is -0.490 e. The predicted octanol–water partition coefficient (Wildman–Crippen LogP) is 5.89. The Hall–Kier alpha value is -2.61. The lowest BCUT2D eigenvalue weighted by Gasteiger charge is -2.15. The second-order valence-electron chi connectivity index (χ2n) is 6.22. The molecule has 1 amide bonds. The topological polar surface area (TPSA) is 72.8 Å². The molecule has 1 heterocycles. The van der Waals surface area contributed by atoms with E-state index in [0.717, 1.165) is 5.56 Å². The van der Waals surface area contributed by atoms with Crippen molar-refractivity contribution in [2.24, 2.45) is 5.10 Å². The van der Waals surface area contributed by atoms with Crippen molar-refractivity contribution in [2.75, 3.05) is 6.61 Å². The normalized spacial score (nSPS) is 10.8. The van der Waals surface area contributed by atoms with Gasteiger partial charge in [0.05, 0.1) is 17.3 Å². The van der Waals surface area contributed by atoms with Crippen LogP contribution in [0.5, 0.6) is 11.5 Å². The Kier molecular flexibility index (Phi) is 8.28. The van der Waals surface area contributed by atoms with Crippen LogP contribution in [0.2, 0.25) is 10.0 Å². The van der Waals surface area contributed by atoms with E-state index < -0.39 is 0 Å². The number of amides is 1. The Morgan fingerprint density at radius 2 is 1.94 bits per heavy atom. The highest BCUT2D eigenvalue weighted by atomic mass is 79.9. The Morgan fingerprint density at radius 1 is 1.16 bits per heavy atom. The van der Waals surface area contributed by atoms with Crippen molar-refractivity contribution < 1.29 is 14.3 Å². The van der Waals surface area contributed by atoms with Crippen molar-refractivity contribution in [2.45, 2.75) is 13.5 Å². The average molecular weight is 523 g/mol. The lowest BCUT2D eigenvalue weighted by Crippen LogP contribution is -2.17. The van der Waals surface area contributed by atoms with E-state index in [1.165, 1.54) is 6.21 Å². The van der Waals surface area contributed by atoms with E-state index in [1.807, 2.05) is 19.1 Å². The van der Waals surface area contributed by atoms with Crippen LogP contribution in [0.1, 0.15) is 28.4 Å². The first-order chi connectivity index (χ1) is 15.0. The summed E-state index contributed by atoms with van der Waals surface area (Å²) in [5.74, 6) is 0.734. The number of benzene rings is 2. The summed E-state index contributed by atoms with van der Waals surface area (Å²) in [5, 5.41) is 5.09. The maximum atomic E-state index is 12.1. The smallest absolute Gasteiger partial charge is 0.271 e. The van der Waals surface area contributed by atoms with Gasteiger partial charge < -0.3 is 9.47 Å². The highest BCUT2D eigenvalue weighted by Crippen LogP contribution is 2.37. The number of hydrazone groups is 1. The third kappa shape index (κ3) is 6.43. The zero-order valence-corrected chi connectivity index (χ0v) is 19.5. The molecule has 3 rings (SSSR count). The summed E-state index contributed by atoms with van der Waals surface area (Å²) >= 11 is 15.7. The van der Waals surface area contributed by atoms with Crippen LogP contribution in [0.4, 0.5) is 0 Å². The maximum Gasteiger partial charge on any atom is 0.271 e. The summed E-state index contributed by atoms with van der Waals surface area (Å²) < 4.78 is 12.4. The van der Waals surface area contributed by atoms with Gasteiger partial charge in [0.15, 0.2) is 11.5 Å². The van der Waals surface area contributed by atoms with Crippen LogP contribution in [0.15, 0.2) is 64.4 Å². The molecule has 0 radical (unpaired) electrons. The first-order valence-electron chi connectivity index (χ1n) is 9.24. The molecule has 0 unspecified atom stereocenters. The van der Waals surface area contributed by atoms with Crippen LogP contribution < -0.4 is 14.9 Å². The molecule has 3 aromatic rings. The Labute approximate surface area is 198 Å². The molecule has 0 spiro atoms. The maximum absolute atomic E-state index is 12.1. The second kappa shape index (κ2) is 11.1. The number of nitrogens with zero attached hydrogens (tertiary/aromatic N) is 2. The first kappa shape index (κ1) is 23.1. The molecule has 6 nitrogen and oxygen atoms in total. The number of pyridine rings is 1. The van der Waals surface area contributed by atoms with Gasteiger partial charge >= 0.3 is 0 Å². The first-order valence-corrected chi connectivity index (χ1v) is 10.8. The van der Waals surface area contributed by atoms with Gasteiger partial charge in [0.25, 0.3) is 5.91 Å². The number of hydrogen-bond acceptors (Lipinski definition) is 5. The fourth-order valence-corrected chi connectivity index (χ4v) is 3.62. The van der Waals surface area contributed by atoms with Gasteiger partial charge in [-0.2, -0.15) is 5.10 Å². The van der Waals surface area contributed by atoms with Crippen LogP contribution in [0.25, 0.3) is 0 Å². The van der Waals surface area contributed by atoms with Crippen molar-refractivity contribution in [3.63, 3.8) is 0 Å². The van der Waals surface area contributed by atoms with E-state index in [-0.39, 0.29) is 12.5 Å². The summed E-state index contributed by atoms with van der Waals surface area (Å²) in [6.07, 6.45) is 4.60. The zero-order valence-electron chi connectivity index (χ0n) is 16.4. The van der Waals surface area contributed by atoms with Gasteiger partial charge in [-0.05, 0) is 64.8 Å². The minimum atomic E-state index is -0.331. The monoisotopic (exact) mass is 521 g/mol. The lowest BCUT2D eigenvalue weighted by atomic mass is 10.2. The summed E-state index contributed by atoms with van der Waals surface area (Å²) in [5.41, 5.74) is 4.45. The molecule has 0 aliphatic carbocycles. The highest BCUT2D eigenvalue weighted by Gasteiger charge is 2.13. The number of carbonyl (C=O) groups is 1. The second-order valence-corrected chi connectivity index (χ2v) is 7.92. The number of carbonyl (C=O) groups excluding carboxylic acids is 1. The van der Waals surface area contributed by atoms with Crippen LogP contribution in [-0.4, -0.2) is 23.7 Å². The Morgan fingerprint density at radius 3 is 2.65 bits per heavy atom. The number of rotatable bonds is 8. The van der Waals surface area contributed by atoms with Crippen molar-refractivity contribution >= 4 is 51.3 Å². The van der Waals surface area contributed by atoms with Gasteiger partial charge in [-0.1, -0.05) is 29.3 Å². The predicted molar refractivity (Wildman–Crippen MR) is 125 cm³/mol. The molecule has 0 aliphatic heterocycles. The van der Waals surface area contributed by atoms with E-state index in [2.05, 4.69) is 31.4 Å². The highest BCUT2D eigenvalue weighted by molar-refractivity contribution is 9.10. The summed E-state index contributed by atoms with van der Waals surface area (Å²) in [4.78, 5) is 15.9. The largest absolute Gasteiger partial charge is 0.490 e. The molecule has 0 bridgehead atoms. The van der Waals surface area contributed by atoms with E-state index in [4.69, 9.17) is 32.7 Å². The number of aromatic nitrogens is 1. The Bertz CT molecular complexity index is 1090. The minimum absolute atomic E-state index is 0.240. The van der Waals surface area contributed by atoms with Crippen LogP contribution >= 0.6 is 39.1 Å². The van der Waals surface area contributed by atoms with Crippen molar-refractivity contribution in [1.29, 1.82) is 0 Å². The van der Waals surface area contributed by atoms with Crippen LogP contribution in [0, 0.1) is 0 Å². The van der Waals surface area contributed by atoms with Gasteiger partial charge in [-0.15, -0.1) is 0 Å². The van der Waals surface area contributed by atoms with Crippen molar-refractivity contribution in [1.82, 2.24) is 10.4 Å². The quantitative estimate of drug-likeness (QED) is 0.295. The van der Waals surface area contributed by atoms with Crippen LogP contribution in [-0.2, 0) is 6.61 Å². The van der Waals surface area contributed by atoms with Gasteiger partial charge in [0.2, 0.25) is 0 Å². The zero-order chi connectivity index (χ0) is 22.2. The van der Waals surface area contributed by atoms with Crippen molar-refractivity contribution in [3.05, 3.63) is 86.1 Å². The number of halogens is 3. The molecule has 2 aromatic carbocycles. The summed E-state index contributed by atoms with van der Waals surface area (Å²) in [6, 6.07) is 12.0. The molecule has 9 heteroatoms.